The first-order valence-electron chi connectivity index (χ1n) is 10.9. The summed E-state index contributed by atoms with van der Waals surface area (Å²) in [5, 5.41) is 19.3. The van der Waals surface area contributed by atoms with Crippen LogP contribution in [0.15, 0.2) is 0 Å². The third-order valence-electron chi connectivity index (χ3n) is 6.86. The van der Waals surface area contributed by atoms with E-state index in [2.05, 4.69) is 0 Å². The van der Waals surface area contributed by atoms with Gasteiger partial charge >= 0.3 is 11.9 Å². The van der Waals surface area contributed by atoms with Gasteiger partial charge in [-0.2, -0.15) is 0 Å². The molecule has 29 heavy (non-hydrogen) atoms. The van der Waals surface area contributed by atoms with Gasteiger partial charge in [0.05, 0.1) is 6.10 Å². The van der Waals surface area contributed by atoms with Crippen LogP contribution in [0, 0.1) is 17.3 Å². The molecule has 1 aliphatic heterocycles. The van der Waals surface area contributed by atoms with E-state index in [1.165, 1.54) is 0 Å². The Balaban J connectivity index is 1.90. The quantitative estimate of drug-likeness (QED) is 0.464. The number of carboxylic acid groups (broad SMARTS) is 1. The van der Waals surface area contributed by atoms with Crippen LogP contribution in [0.5, 0.6) is 0 Å². The van der Waals surface area contributed by atoms with Crippen molar-refractivity contribution in [3.8, 4) is 0 Å². The molecule has 2 rings (SSSR count). The summed E-state index contributed by atoms with van der Waals surface area (Å²) >= 11 is 0. The summed E-state index contributed by atoms with van der Waals surface area (Å²) in [6.45, 7) is 5.35. The summed E-state index contributed by atoms with van der Waals surface area (Å²) in [5.74, 6) is -6.96. The standard InChI is InChI=1S/C22H36F2O5/c1-4-20(2,3)14-21(23,24)22(28)12-11-16-15(17(25)13-18(16)29-22)9-7-5-6-8-10-19(26)27/h15-16,18,28H,4-14H2,1-3H3,(H,26,27)/t15-,16-,18-,22-/m1/s1. The molecular weight excluding hydrogens is 382 g/mol. The second-order valence-corrected chi connectivity index (χ2v) is 9.67. The van der Waals surface area contributed by atoms with Gasteiger partial charge in [-0.3, -0.25) is 9.59 Å². The van der Waals surface area contributed by atoms with Crippen molar-refractivity contribution in [2.24, 2.45) is 17.3 Å². The highest BCUT2D eigenvalue weighted by Gasteiger charge is 2.61. The summed E-state index contributed by atoms with van der Waals surface area (Å²) in [5.41, 5.74) is -0.617. The van der Waals surface area contributed by atoms with Crippen molar-refractivity contribution < 1.29 is 33.3 Å². The van der Waals surface area contributed by atoms with Crippen LogP contribution in [-0.2, 0) is 14.3 Å². The van der Waals surface area contributed by atoms with Gasteiger partial charge in [0.25, 0.3) is 0 Å². The second-order valence-electron chi connectivity index (χ2n) is 9.67. The van der Waals surface area contributed by atoms with Crippen molar-refractivity contribution in [3.05, 3.63) is 0 Å². The highest BCUT2D eigenvalue weighted by atomic mass is 19.3. The molecule has 0 spiro atoms. The van der Waals surface area contributed by atoms with Crippen LogP contribution >= 0.6 is 0 Å². The Kier molecular flexibility index (Phi) is 7.82. The Morgan fingerprint density at radius 3 is 2.52 bits per heavy atom. The minimum atomic E-state index is -3.37. The predicted octanol–water partition coefficient (Wildman–Crippen LogP) is 4.95. The van der Waals surface area contributed by atoms with Gasteiger partial charge in [0.2, 0.25) is 5.79 Å². The Labute approximate surface area is 172 Å². The zero-order chi connectivity index (χ0) is 21.9. The molecule has 168 valence electrons. The fourth-order valence-corrected chi connectivity index (χ4v) is 4.69. The maximum atomic E-state index is 14.9. The maximum absolute atomic E-state index is 14.9. The van der Waals surface area contributed by atoms with Crippen molar-refractivity contribution >= 4 is 11.8 Å². The second kappa shape index (κ2) is 9.38. The molecule has 1 aliphatic carbocycles. The highest BCUT2D eigenvalue weighted by molar-refractivity contribution is 5.84. The summed E-state index contributed by atoms with van der Waals surface area (Å²) in [4.78, 5) is 23.0. The molecule has 0 bridgehead atoms. The Hall–Kier alpha value is -1.08. The number of hydrogen-bond donors (Lipinski definition) is 2. The Morgan fingerprint density at radius 1 is 1.24 bits per heavy atom. The summed E-state index contributed by atoms with van der Waals surface area (Å²) in [7, 11) is 0. The van der Waals surface area contributed by atoms with Crippen LogP contribution in [0.25, 0.3) is 0 Å². The van der Waals surface area contributed by atoms with Gasteiger partial charge in [0.1, 0.15) is 5.78 Å². The smallest absolute Gasteiger partial charge is 0.303 e. The van der Waals surface area contributed by atoms with E-state index in [9.17, 15) is 23.5 Å². The first-order valence-corrected chi connectivity index (χ1v) is 10.9. The minimum Gasteiger partial charge on any atom is -0.481 e. The zero-order valence-corrected chi connectivity index (χ0v) is 17.9. The van der Waals surface area contributed by atoms with Crippen LogP contribution in [0.4, 0.5) is 8.78 Å². The normalized spacial score (nSPS) is 30.4. The lowest BCUT2D eigenvalue weighted by Gasteiger charge is -2.45. The molecule has 2 fully saturated rings. The number of aliphatic hydroxyl groups is 1. The molecule has 0 aromatic carbocycles. The number of aliphatic carboxylic acids is 1. The number of alkyl halides is 2. The van der Waals surface area contributed by atoms with E-state index in [1.54, 1.807) is 13.8 Å². The molecule has 2 aliphatic rings. The van der Waals surface area contributed by atoms with Gasteiger partial charge in [0, 0.05) is 31.6 Å². The molecule has 0 amide bonds. The number of rotatable bonds is 11. The molecule has 2 N–H and O–H groups in total. The van der Waals surface area contributed by atoms with Crippen molar-refractivity contribution in [2.45, 2.75) is 109 Å². The molecule has 0 unspecified atom stereocenters. The average Bonchev–Trinajstić information content (AvgIpc) is 2.91. The number of ether oxygens (including phenoxy) is 1. The van der Waals surface area contributed by atoms with Crippen molar-refractivity contribution in [2.75, 3.05) is 0 Å². The van der Waals surface area contributed by atoms with Crippen LogP contribution in [0.3, 0.4) is 0 Å². The van der Waals surface area contributed by atoms with Gasteiger partial charge in [-0.1, -0.05) is 46.5 Å². The third kappa shape index (κ3) is 5.97. The number of unbranched alkanes of at least 4 members (excludes halogenated alkanes) is 3. The molecule has 1 saturated heterocycles. The predicted molar refractivity (Wildman–Crippen MR) is 105 cm³/mol. The Morgan fingerprint density at radius 2 is 1.90 bits per heavy atom. The fourth-order valence-electron chi connectivity index (χ4n) is 4.69. The van der Waals surface area contributed by atoms with Gasteiger partial charge in [0.15, 0.2) is 0 Å². The molecule has 0 radical (unpaired) electrons. The summed E-state index contributed by atoms with van der Waals surface area (Å²) < 4.78 is 35.4. The van der Waals surface area contributed by atoms with Gasteiger partial charge in [-0.25, -0.2) is 8.78 Å². The minimum absolute atomic E-state index is 0.0343. The van der Waals surface area contributed by atoms with Crippen LogP contribution < -0.4 is 0 Å². The number of halogens is 2. The SMILES string of the molecule is CCC(C)(C)CC(F)(F)[C@@]1(O)CC[C@H]2[C@@H](CC(=O)[C@@H]2CCCCCCC(=O)O)O1. The largest absolute Gasteiger partial charge is 0.481 e. The first-order chi connectivity index (χ1) is 13.4. The Bertz CT molecular complexity index is 592. The molecule has 0 aromatic heterocycles. The summed E-state index contributed by atoms with van der Waals surface area (Å²) in [6.07, 6.45) is 3.66. The molecule has 0 aromatic rings. The average molecular weight is 419 g/mol. The number of fused-ring (bicyclic) bond motifs is 1. The number of carbonyl (C=O) groups is 2. The van der Waals surface area contributed by atoms with Crippen molar-refractivity contribution in [3.63, 3.8) is 0 Å². The zero-order valence-electron chi connectivity index (χ0n) is 17.9. The number of Topliss-reactive ketones (excluding diaryl/α,β-unsaturated/α-hetero) is 1. The molecular formula is C22H36F2O5. The van der Waals surface area contributed by atoms with E-state index in [1.807, 2.05) is 6.92 Å². The summed E-state index contributed by atoms with van der Waals surface area (Å²) in [6, 6.07) is 0. The molecule has 7 heteroatoms. The van der Waals surface area contributed by atoms with E-state index in [-0.39, 0.29) is 36.9 Å². The van der Waals surface area contributed by atoms with Crippen molar-refractivity contribution in [1.82, 2.24) is 0 Å². The number of carboxylic acids is 1. The van der Waals surface area contributed by atoms with E-state index in [0.29, 0.717) is 25.7 Å². The molecule has 5 nitrogen and oxygen atoms in total. The number of hydrogen-bond acceptors (Lipinski definition) is 4. The monoisotopic (exact) mass is 418 g/mol. The number of ketones is 1. The van der Waals surface area contributed by atoms with Gasteiger partial charge in [-0.05, 0) is 30.6 Å². The number of carbonyl (C=O) groups excluding carboxylic acids is 1. The highest BCUT2D eigenvalue weighted by Crippen LogP contribution is 2.51. The van der Waals surface area contributed by atoms with Crippen LogP contribution in [0.2, 0.25) is 0 Å². The fraction of sp³-hybridized carbons (Fsp3) is 0.909. The van der Waals surface area contributed by atoms with Crippen LogP contribution in [-0.4, -0.2) is 39.8 Å². The van der Waals surface area contributed by atoms with E-state index >= 15 is 0 Å². The van der Waals surface area contributed by atoms with Crippen LogP contribution in [0.1, 0.15) is 91.4 Å². The molecule has 4 atom stereocenters. The molecule has 1 saturated carbocycles. The first kappa shape index (κ1) is 24.2. The van der Waals surface area contributed by atoms with E-state index in [4.69, 9.17) is 9.84 Å². The third-order valence-corrected chi connectivity index (χ3v) is 6.86. The van der Waals surface area contributed by atoms with Gasteiger partial charge < -0.3 is 14.9 Å². The van der Waals surface area contributed by atoms with Crippen molar-refractivity contribution in [1.29, 1.82) is 0 Å². The lowest BCUT2D eigenvalue weighted by atomic mass is 9.77. The van der Waals surface area contributed by atoms with Gasteiger partial charge in [-0.15, -0.1) is 0 Å². The maximum Gasteiger partial charge on any atom is 0.303 e. The van der Waals surface area contributed by atoms with E-state index < -0.39 is 35.6 Å². The lowest BCUT2D eigenvalue weighted by Crippen LogP contribution is -2.57. The molecule has 1 heterocycles. The lowest BCUT2D eigenvalue weighted by molar-refractivity contribution is -0.360. The topological polar surface area (TPSA) is 83.8 Å². The van der Waals surface area contributed by atoms with E-state index in [0.717, 1.165) is 19.3 Å².